The zero-order chi connectivity index (χ0) is 12.1. The van der Waals surface area contributed by atoms with E-state index in [0.29, 0.717) is 18.7 Å². The van der Waals surface area contributed by atoms with Crippen LogP contribution in [-0.4, -0.2) is 22.2 Å². The largest absolute Gasteiger partial charge is 0.503 e. The Kier molecular flexibility index (Phi) is 4.10. The van der Waals surface area contributed by atoms with Crippen LogP contribution in [0.1, 0.15) is 19.5 Å². The first kappa shape index (κ1) is 12.3. The lowest BCUT2D eigenvalue weighted by Crippen LogP contribution is -2.15. The normalized spacial score (nSPS) is 10.1. The predicted molar refractivity (Wildman–Crippen MR) is 58.4 cm³/mol. The van der Waals surface area contributed by atoms with Gasteiger partial charge in [0.25, 0.3) is 0 Å². The lowest BCUT2D eigenvalue weighted by Gasteiger charge is -2.12. The Morgan fingerprint density at radius 1 is 1.56 bits per heavy atom. The maximum atomic E-state index is 11.2. The van der Waals surface area contributed by atoms with Gasteiger partial charge in [0.05, 0.1) is 12.2 Å². The lowest BCUT2D eigenvalue weighted by molar-refractivity contribution is -0.141. The monoisotopic (exact) mass is 225 g/mol. The number of aromatic hydroxyl groups is 1. The summed E-state index contributed by atoms with van der Waals surface area (Å²) in [4.78, 5) is 21.8. The van der Waals surface area contributed by atoms with Crippen molar-refractivity contribution in [1.29, 1.82) is 0 Å². The van der Waals surface area contributed by atoms with Crippen molar-refractivity contribution >= 4 is 5.97 Å². The summed E-state index contributed by atoms with van der Waals surface area (Å²) in [5.74, 6) is -0.573. The zero-order valence-corrected chi connectivity index (χ0v) is 9.40. The molecule has 0 aliphatic carbocycles. The molecule has 0 amide bonds. The van der Waals surface area contributed by atoms with Gasteiger partial charge in [-0.25, -0.2) is 0 Å². The number of pyridine rings is 1. The highest BCUT2D eigenvalue weighted by atomic mass is 16.5. The fourth-order valence-corrected chi connectivity index (χ4v) is 1.47. The molecule has 0 aromatic carbocycles. The van der Waals surface area contributed by atoms with E-state index in [1.54, 1.807) is 10.8 Å². The lowest BCUT2D eigenvalue weighted by atomic mass is 10.2. The molecule has 0 aliphatic rings. The summed E-state index contributed by atoms with van der Waals surface area (Å²) in [5, 5.41) is 9.55. The molecule has 1 aromatic heterocycles. The van der Waals surface area contributed by atoms with Gasteiger partial charge in [-0.3, -0.25) is 9.59 Å². The first-order valence-corrected chi connectivity index (χ1v) is 5.11. The molecule has 0 bridgehead atoms. The number of aromatic nitrogens is 1. The number of nitrogens with zero attached hydrogens (tertiary/aromatic N) is 1. The summed E-state index contributed by atoms with van der Waals surface area (Å²) in [7, 11) is 0. The summed E-state index contributed by atoms with van der Waals surface area (Å²) < 4.78 is 6.50. The summed E-state index contributed by atoms with van der Waals surface area (Å²) in [6, 6.07) is 1.29. The Morgan fingerprint density at radius 2 is 2.25 bits per heavy atom. The molecule has 16 heavy (non-hydrogen) atoms. The second-order valence-corrected chi connectivity index (χ2v) is 3.36. The molecular weight excluding hydrogens is 210 g/mol. The van der Waals surface area contributed by atoms with Crippen molar-refractivity contribution in [3.8, 4) is 5.75 Å². The first-order chi connectivity index (χ1) is 7.56. The van der Waals surface area contributed by atoms with Crippen LogP contribution in [0.25, 0.3) is 0 Å². The quantitative estimate of drug-likeness (QED) is 0.765. The van der Waals surface area contributed by atoms with Gasteiger partial charge in [-0.1, -0.05) is 6.92 Å². The van der Waals surface area contributed by atoms with Crippen LogP contribution in [0.4, 0.5) is 0 Å². The molecule has 1 aromatic rings. The molecule has 0 radical (unpaired) electrons. The summed E-state index contributed by atoms with van der Waals surface area (Å²) in [5.41, 5.74) is 0.167. The summed E-state index contributed by atoms with van der Waals surface area (Å²) >= 11 is 0. The van der Waals surface area contributed by atoms with Gasteiger partial charge in [-0.15, -0.1) is 0 Å². The van der Waals surface area contributed by atoms with Gasteiger partial charge in [-0.05, 0) is 6.42 Å². The minimum Gasteiger partial charge on any atom is -0.503 e. The SMILES string of the molecule is CCc1c(O)c(=O)ccn1CCOC(C)=O. The van der Waals surface area contributed by atoms with Gasteiger partial charge in [0, 0.05) is 19.2 Å². The van der Waals surface area contributed by atoms with Crippen LogP contribution >= 0.6 is 0 Å². The van der Waals surface area contributed by atoms with E-state index in [1.807, 2.05) is 6.92 Å². The molecule has 5 nitrogen and oxygen atoms in total. The molecule has 0 spiro atoms. The van der Waals surface area contributed by atoms with Crippen molar-refractivity contribution in [2.24, 2.45) is 0 Å². The molecule has 1 rings (SSSR count). The van der Waals surface area contributed by atoms with Crippen LogP contribution < -0.4 is 5.43 Å². The maximum absolute atomic E-state index is 11.2. The van der Waals surface area contributed by atoms with Crippen molar-refractivity contribution in [2.45, 2.75) is 26.8 Å². The van der Waals surface area contributed by atoms with Gasteiger partial charge in [0.1, 0.15) is 6.61 Å². The maximum Gasteiger partial charge on any atom is 0.302 e. The van der Waals surface area contributed by atoms with E-state index in [0.717, 1.165) is 0 Å². The summed E-state index contributed by atoms with van der Waals surface area (Å²) in [6.07, 6.45) is 2.13. The van der Waals surface area contributed by atoms with Gasteiger partial charge < -0.3 is 14.4 Å². The minimum atomic E-state index is -0.388. The third-order valence-electron chi connectivity index (χ3n) is 2.23. The highest BCUT2D eigenvalue weighted by Crippen LogP contribution is 2.11. The van der Waals surface area contributed by atoms with Crippen molar-refractivity contribution < 1.29 is 14.6 Å². The van der Waals surface area contributed by atoms with Crippen molar-refractivity contribution in [3.05, 3.63) is 28.2 Å². The third-order valence-corrected chi connectivity index (χ3v) is 2.23. The number of hydrogen-bond acceptors (Lipinski definition) is 4. The second kappa shape index (κ2) is 5.34. The molecule has 0 unspecified atom stereocenters. The van der Waals surface area contributed by atoms with E-state index in [-0.39, 0.29) is 23.8 Å². The average molecular weight is 225 g/mol. The van der Waals surface area contributed by atoms with Crippen molar-refractivity contribution in [1.82, 2.24) is 4.57 Å². The van der Waals surface area contributed by atoms with Crippen molar-refractivity contribution in [2.75, 3.05) is 6.61 Å². The number of esters is 1. The topological polar surface area (TPSA) is 68.5 Å². The number of carbonyl (C=O) groups is 1. The molecule has 0 fully saturated rings. The number of ether oxygens (including phenoxy) is 1. The van der Waals surface area contributed by atoms with E-state index in [1.165, 1.54) is 13.0 Å². The first-order valence-electron chi connectivity index (χ1n) is 5.11. The molecule has 1 N–H and O–H groups in total. The number of carbonyl (C=O) groups excluding carboxylic acids is 1. The highest BCUT2D eigenvalue weighted by molar-refractivity contribution is 5.65. The Bertz CT molecular complexity index is 436. The Hall–Kier alpha value is -1.78. The van der Waals surface area contributed by atoms with Crippen LogP contribution in [0.2, 0.25) is 0 Å². The van der Waals surface area contributed by atoms with E-state index >= 15 is 0 Å². The fraction of sp³-hybridized carbons (Fsp3) is 0.455. The molecule has 1 heterocycles. The van der Waals surface area contributed by atoms with E-state index < -0.39 is 0 Å². The van der Waals surface area contributed by atoms with E-state index in [9.17, 15) is 14.7 Å². The van der Waals surface area contributed by atoms with Crippen LogP contribution in [-0.2, 0) is 22.5 Å². The van der Waals surface area contributed by atoms with Crippen LogP contribution in [0.3, 0.4) is 0 Å². The smallest absolute Gasteiger partial charge is 0.302 e. The average Bonchev–Trinajstić information content (AvgIpc) is 2.23. The van der Waals surface area contributed by atoms with E-state index in [2.05, 4.69) is 0 Å². The third kappa shape index (κ3) is 2.85. The molecule has 0 atom stereocenters. The predicted octanol–water partition coefficient (Wildman–Crippen LogP) is 0.679. The number of rotatable bonds is 4. The van der Waals surface area contributed by atoms with Crippen LogP contribution in [0.15, 0.2) is 17.1 Å². The van der Waals surface area contributed by atoms with Gasteiger partial charge in [0.15, 0.2) is 5.75 Å². The van der Waals surface area contributed by atoms with Gasteiger partial charge >= 0.3 is 5.97 Å². The Labute approximate surface area is 93.3 Å². The molecule has 0 saturated heterocycles. The van der Waals surface area contributed by atoms with Crippen molar-refractivity contribution in [3.63, 3.8) is 0 Å². The molecule has 88 valence electrons. The van der Waals surface area contributed by atoms with Gasteiger partial charge in [0.2, 0.25) is 5.43 Å². The highest BCUT2D eigenvalue weighted by Gasteiger charge is 2.07. The Morgan fingerprint density at radius 3 is 2.81 bits per heavy atom. The molecule has 0 aliphatic heterocycles. The zero-order valence-electron chi connectivity index (χ0n) is 9.40. The van der Waals surface area contributed by atoms with E-state index in [4.69, 9.17) is 4.74 Å². The second-order valence-electron chi connectivity index (χ2n) is 3.36. The standard InChI is InChI=1S/C11H15NO4/c1-3-9-11(15)10(14)4-5-12(9)6-7-16-8(2)13/h4-5,15H,3,6-7H2,1-2H3. The fourth-order valence-electron chi connectivity index (χ4n) is 1.47. The van der Waals surface area contributed by atoms with Gasteiger partial charge in [-0.2, -0.15) is 0 Å². The van der Waals surface area contributed by atoms with Crippen LogP contribution in [0.5, 0.6) is 5.75 Å². The molecule has 0 saturated carbocycles. The number of hydrogen-bond donors (Lipinski definition) is 1. The summed E-state index contributed by atoms with van der Waals surface area (Å²) in [6.45, 7) is 3.83. The molecule has 5 heteroatoms. The van der Waals surface area contributed by atoms with Crippen LogP contribution in [0, 0.1) is 0 Å². The minimum absolute atomic E-state index is 0.227. The Balaban J connectivity index is 2.84. The molecular formula is C11H15NO4.